The number of Topliss-reactive ketones (excluding diaryl/α,β-unsaturated/α-hetero) is 1. The lowest BCUT2D eigenvalue weighted by atomic mass is 10.1. The normalized spacial score (nSPS) is 10.1. The Labute approximate surface area is 96.1 Å². The number of ketones is 1. The summed E-state index contributed by atoms with van der Waals surface area (Å²) in [6.45, 7) is 4.01. The van der Waals surface area contributed by atoms with Crippen molar-refractivity contribution in [3.8, 4) is 11.5 Å². The van der Waals surface area contributed by atoms with Crippen molar-refractivity contribution in [3.63, 3.8) is 0 Å². The first-order valence-corrected chi connectivity index (χ1v) is 5.57. The van der Waals surface area contributed by atoms with E-state index in [-0.39, 0.29) is 11.5 Å². The Morgan fingerprint density at radius 2 is 2.19 bits per heavy atom. The van der Waals surface area contributed by atoms with Crippen LogP contribution in [0.4, 0.5) is 0 Å². The monoisotopic (exact) mass is 222 g/mol. The zero-order valence-corrected chi connectivity index (χ0v) is 9.82. The second kappa shape index (κ2) is 6.16. The lowest BCUT2D eigenvalue weighted by Crippen LogP contribution is -1.95. The third kappa shape index (κ3) is 3.93. The highest BCUT2D eigenvalue weighted by atomic mass is 16.5. The fraction of sp³-hybridized carbons (Fsp3) is 0.462. The van der Waals surface area contributed by atoms with Gasteiger partial charge in [0.2, 0.25) is 0 Å². The minimum Gasteiger partial charge on any atom is -0.504 e. The van der Waals surface area contributed by atoms with E-state index in [4.69, 9.17) is 4.74 Å². The van der Waals surface area contributed by atoms with Gasteiger partial charge in [-0.05, 0) is 44.4 Å². The first-order valence-electron chi connectivity index (χ1n) is 5.57. The number of phenolic OH excluding ortho intramolecular Hbond substituents is 1. The fourth-order valence-corrected chi connectivity index (χ4v) is 1.53. The van der Waals surface area contributed by atoms with E-state index in [0.29, 0.717) is 18.8 Å². The molecule has 0 aliphatic rings. The summed E-state index contributed by atoms with van der Waals surface area (Å²) < 4.78 is 5.29. The molecular weight excluding hydrogens is 204 g/mol. The Morgan fingerprint density at radius 3 is 2.81 bits per heavy atom. The van der Waals surface area contributed by atoms with E-state index in [1.807, 2.05) is 19.1 Å². The zero-order chi connectivity index (χ0) is 12.0. The van der Waals surface area contributed by atoms with Gasteiger partial charge in [-0.15, -0.1) is 0 Å². The van der Waals surface area contributed by atoms with E-state index in [2.05, 4.69) is 0 Å². The van der Waals surface area contributed by atoms with Gasteiger partial charge in [0.05, 0.1) is 6.61 Å². The average molecular weight is 222 g/mol. The summed E-state index contributed by atoms with van der Waals surface area (Å²) >= 11 is 0. The SMILES string of the molecule is CCOc1cc(CCCC(C)=O)ccc1O. The molecule has 0 heterocycles. The van der Waals surface area contributed by atoms with Crippen molar-refractivity contribution in [2.75, 3.05) is 6.61 Å². The predicted octanol–water partition coefficient (Wildman–Crippen LogP) is 2.70. The molecule has 0 saturated carbocycles. The van der Waals surface area contributed by atoms with Gasteiger partial charge in [0.15, 0.2) is 11.5 Å². The summed E-state index contributed by atoms with van der Waals surface area (Å²) in [7, 11) is 0. The van der Waals surface area contributed by atoms with E-state index in [1.165, 1.54) is 0 Å². The Kier molecular flexibility index (Phi) is 4.83. The van der Waals surface area contributed by atoms with Gasteiger partial charge in [0.1, 0.15) is 5.78 Å². The highest BCUT2D eigenvalue weighted by Gasteiger charge is 2.03. The maximum absolute atomic E-state index is 10.8. The fourth-order valence-electron chi connectivity index (χ4n) is 1.53. The highest BCUT2D eigenvalue weighted by Crippen LogP contribution is 2.27. The number of aromatic hydroxyl groups is 1. The Bertz CT molecular complexity index is 358. The molecule has 0 aromatic heterocycles. The van der Waals surface area contributed by atoms with Crippen LogP contribution in [0.2, 0.25) is 0 Å². The first-order chi connectivity index (χ1) is 7.63. The Morgan fingerprint density at radius 1 is 1.44 bits per heavy atom. The maximum atomic E-state index is 10.8. The van der Waals surface area contributed by atoms with E-state index in [9.17, 15) is 9.90 Å². The molecule has 0 saturated heterocycles. The quantitative estimate of drug-likeness (QED) is 0.805. The van der Waals surface area contributed by atoms with Gasteiger partial charge in [-0.25, -0.2) is 0 Å². The first kappa shape index (κ1) is 12.6. The summed E-state index contributed by atoms with van der Waals surface area (Å²) in [5.41, 5.74) is 1.09. The molecule has 88 valence electrons. The van der Waals surface area contributed by atoms with Crippen LogP contribution in [0.25, 0.3) is 0 Å². The van der Waals surface area contributed by atoms with E-state index < -0.39 is 0 Å². The standard InChI is InChI=1S/C13H18O3/c1-3-16-13-9-11(7-8-12(13)15)6-4-5-10(2)14/h7-9,15H,3-6H2,1-2H3. The van der Waals surface area contributed by atoms with Crippen molar-refractivity contribution in [1.29, 1.82) is 0 Å². The van der Waals surface area contributed by atoms with Gasteiger partial charge >= 0.3 is 0 Å². The zero-order valence-electron chi connectivity index (χ0n) is 9.82. The van der Waals surface area contributed by atoms with Gasteiger partial charge in [0.25, 0.3) is 0 Å². The minimum atomic E-state index is 0.164. The molecule has 0 aliphatic carbocycles. The molecule has 1 aromatic rings. The van der Waals surface area contributed by atoms with Gasteiger partial charge < -0.3 is 14.6 Å². The number of hydrogen-bond acceptors (Lipinski definition) is 3. The molecular formula is C13H18O3. The second-order valence-electron chi connectivity index (χ2n) is 3.79. The van der Waals surface area contributed by atoms with Crippen molar-refractivity contribution < 1.29 is 14.6 Å². The second-order valence-corrected chi connectivity index (χ2v) is 3.79. The molecule has 3 heteroatoms. The Hall–Kier alpha value is -1.51. The third-order valence-electron chi connectivity index (χ3n) is 2.32. The number of benzene rings is 1. The predicted molar refractivity (Wildman–Crippen MR) is 62.9 cm³/mol. The van der Waals surface area contributed by atoms with E-state index >= 15 is 0 Å². The topological polar surface area (TPSA) is 46.5 Å². The number of aryl methyl sites for hydroxylation is 1. The maximum Gasteiger partial charge on any atom is 0.161 e. The molecule has 0 fully saturated rings. The van der Waals surface area contributed by atoms with Gasteiger partial charge in [0, 0.05) is 6.42 Å². The molecule has 3 nitrogen and oxygen atoms in total. The van der Waals surface area contributed by atoms with Crippen molar-refractivity contribution in [2.45, 2.75) is 33.1 Å². The summed E-state index contributed by atoms with van der Waals surface area (Å²) in [6.07, 6.45) is 2.27. The van der Waals surface area contributed by atoms with Crippen LogP contribution in [-0.4, -0.2) is 17.5 Å². The lowest BCUT2D eigenvalue weighted by Gasteiger charge is -2.08. The molecule has 0 atom stereocenters. The molecule has 1 rings (SSSR count). The molecule has 0 amide bonds. The van der Waals surface area contributed by atoms with Crippen LogP contribution >= 0.6 is 0 Å². The molecule has 0 spiro atoms. The van der Waals surface area contributed by atoms with Gasteiger partial charge in [-0.3, -0.25) is 0 Å². The molecule has 1 N–H and O–H groups in total. The van der Waals surface area contributed by atoms with Gasteiger partial charge in [-0.1, -0.05) is 6.07 Å². The molecule has 0 radical (unpaired) electrons. The van der Waals surface area contributed by atoms with Gasteiger partial charge in [-0.2, -0.15) is 0 Å². The number of ether oxygens (including phenoxy) is 1. The molecule has 0 unspecified atom stereocenters. The van der Waals surface area contributed by atoms with Crippen molar-refractivity contribution in [2.24, 2.45) is 0 Å². The van der Waals surface area contributed by atoms with E-state index in [1.54, 1.807) is 13.0 Å². The number of carbonyl (C=O) groups is 1. The number of rotatable bonds is 6. The van der Waals surface area contributed by atoms with Crippen LogP contribution in [0.1, 0.15) is 32.3 Å². The smallest absolute Gasteiger partial charge is 0.161 e. The van der Waals surface area contributed by atoms with E-state index in [0.717, 1.165) is 18.4 Å². The van der Waals surface area contributed by atoms with Crippen molar-refractivity contribution in [1.82, 2.24) is 0 Å². The lowest BCUT2D eigenvalue weighted by molar-refractivity contribution is -0.117. The van der Waals surface area contributed by atoms with Crippen molar-refractivity contribution >= 4 is 5.78 Å². The highest BCUT2D eigenvalue weighted by molar-refractivity contribution is 5.75. The van der Waals surface area contributed by atoms with Crippen LogP contribution in [0.3, 0.4) is 0 Å². The average Bonchev–Trinajstić information content (AvgIpc) is 2.22. The Balaban J connectivity index is 2.60. The molecule has 0 bridgehead atoms. The summed E-state index contributed by atoms with van der Waals surface area (Å²) in [5.74, 6) is 0.892. The molecule has 1 aromatic carbocycles. The number of phenols is 1. The molecule has 0 aliphatic heterocycles. The largest absolute Gasteiger partial charge is 0.504 e. The summed E-state index contributed by atoms with van der Waals surface area (Å²) in [5, 5.41) is 9.50. The number of hydrogen-bond donors (Lipinski definition) is 1. The van der Waals surface area contributed by atoms with Crippen LogP contribution in [0.5, 0.6) is 11.5 Å². The number of carbonyl (C=O) groups excluding carboxylic acids is 1. The van der Waals surface area contributed by atoms with Crippen LogP contribution < -0.4 is 4.74 Å². The van der Waals surface area contributed by atoms with Crippen molar-refractivity contribution in [3.05, 3.63) is 23.8 Å². The summed E-state index contributed by atoms with van der Waals surface area (Å²) in [4.78, 5) is 10.8. The molecule has 16 heavy (non-hydrogen) atoms. The van der Waals surface area contributed by atoms with Crippen LogP contribution in [0.15, 0.2) is 18.2 Å². The van der Waals surface area contributed by atoms with Crippen LogP contribution in [-0.2, 0) is 11.2 Å². The summed E-state index contributed by atoms with van der Waals surface area (Å²) in [6, 6.07) is 5.32. The third-order valence-corrected chi connectivity index (χ3v) is 2.32. The minimum absolute atomic E-state index is 0.164. The van der Waals surface area contributed by atoms with Crippen LogP contribution in [0, 0.1) is 0 Å².